The molecule has 0 aliphatic carbocycles. The number of hydrogen-bond donors (Lipinski definition) is 2. The maximum absolute atomic E-state index is 10.6. The second-order valence-corrected chi connectivity index (χ2v) is 2.65. The van der Waals surface area contributed by atoms with Gasteiger partial charge in [-0.1, -0.05) is 0 Å². The first kappa shape index (κ1) is 6.60. The molecule has 0 spiro atoms. The SMILES string of the molecule is O=c1nc(C2CCNC2)o[nH]1. The summed E-state index contributed by atoms with van der Waals surface area (Å²) in [7, 11) is 0. The van der Waals surface area contributed by atoms with Crippen LogP contribution in [0.15, 0.2) is 9.32 Å². The quantitative estimate of drug-likeness (QED) is 0.570. The van der Waals surface area contributed by atoms with Crippen LogP contribution in [0.5, 0.6) is 0 Å². The first-order valence-electron chi connectivity index (χ1n) is 3.62. The van der Waals surface area contributed by atoms with Gasteiger partial charge in [0, 0.05) is 6.54 Å². The van der Waals surface area contributed by atoms with Crippen LogP contribution in [-0.4, -0.2) is 23.2 Å². The second-order valence-electron chi connectivity index (χ2n) is 2.65. The van der Waals surface area contributed by atoms with E-state index in [9.17, 15) is 4.79 Å². The van der Waals surface area contributed by atoms with Gasteiger partial charge in [-0.25, -0.2) is 4.79 Å². The number of nitrogens with one attached hydrogen (secondary N) is 2. The van der Waals surface area contributed by atoms with E-state index in [1.54, 1.807) is 0 Å². The highest BCUT2D eigenvalue weighted by molar-refractivity contribution is 4.94. The fourth-order valence-corrected chi connectivity index (χ4v) is 1.28. The molecule has 0 radical (unpaired) electrons. The Morgan fingerprint density at radius 2 is 2.55 bits per heavy atom. The van der Waals surface area contributed by atoms with Crippen LogP contribution in [0.25, 0.3) is 0 Å². The smallest absolute Gasteiger partial charge is 0.362 e. The van der Waals surface area contributed by atoms with Crippen molar-refractivity contribution in [2.45, 2.75) is 12.3 Å². The molecule has 0 amide bonds. The lowest BCUT2D eigenvalue weighted by Gasteiger charge is -1.97. The first-order valence-corrected chi connectivity index (χ1v) is 3.62. The molecule has 2 heterocycles. The van der Waals surface area contributed by atoms with Gasteiger partial charge in [0.15, 0.2) is 0 Å². The lowest BCUT2D eigenvalue weighted by Crippen LogP contribution is -2.09. The molecule has 11 heavy (non-hydrogen) atoms. The summed E-state index contributed by atoms with van der Waals surface area (Å²) in [5.74, 6) is 0.800. The molecule has 5 nitrogen and oxygen atoms in total. The zero-order valence-electron chi connectivity index (χ0n) is 5.96. The van der Waals surface area contributed by atoms with Crippen LogP contribution in [0, 0.1) is 0 Å². The number of H-pyrrole nitrogens is 1. The number of aromatic nitrogens is 2. The molecule has 60 valence electrons. The summed E-state index contributed by atoms with van der Waals surface area (Å²) in [4.78, 5) is 14.2. The van der Waals surface area contributed by atoms with E-state index in [-0.39, 0.29) is 5.92 Å². The largest absolute Gasteiger partial charge is 0.377 e. The van der Waals surface area contributed by atoms with Crippen molar-refractivity contribution in [1.29, 1.82) is 0 Å². The maximum Gasteiger partial charge on any atom is 0.377 e. The fraction of sp³-hybridized carbons (Fsp3) is 0.667. The lowest BCUT2D eigenvalue weighted by atomic mass is 10.1. The first-order chi connectivity index (χ1) is 5.36. The molecule has 2 N–H and O–H groups in total. The molecule has 1 saturated heterocycles. The van der Waals surface area contributed by atoms with Gasteiger partial charge in [-0.15, -0.1) is 0 Å². The number of aromatic amines is 1. The van der Waals surface area contributed by atoms with Crippen LogP contribution in [-0.2, 0) is 0 Å². The zero-order chi connectivity index (χ0) is 7.68. The highest BCUT2D eigenvalue weighted by atomic mass is 16.5. The Morgan fingerprint density at radius 1 is 1.64 bits per heavy atom. The molecule has 2 rings (SSSR count). The summed E-state index contributed by atoms with van der Waals surface area (Å²) < 4.78 is 4.86. The molecule has 1 atom stereocenters. The second kappa shape index (κ2) is 2.50. The average molecular weight is 155 g/mol. The highest BCUT2D eigenvalue weighted by Gasteiger charge is 2.21. The summed E-state index contributed by atoms with van der Waals surface area (Å²) in [5.41, 5.74) is -0.396. The molecule has 0 bridgehead atoms. The third-order valence-electron chi connectivity index (χ3n) is 1.86. The molecule has 1 aliphatic heterocycles. The van der Waals surface area contributed by atoms with Gasteiger partial charge >= 0.3 is 5.69 Å². The molecule has 1 aromatic rings. The van der Waals surface area contributed by atoms with E-state index >= 15 is 0 Å². The molecule has 1 aliphatic rings. The normalized spacial score (nSPS) is 24.2. The average Bonchev–Trinajstić information content (AvgIpc) is 2.55. The predicted molar refractivity (Wildman–Crippen MR) is 37.4 cm³/mol. The maximum atomic E-state index is 10.6. The van der Waals surface area contributed by atoms with Crippen molar-refractivity contribution < 1.29 is 4.52 Å². The highest BCUT2D eigenvalue weighted by Crippen LogP contribution is 2.17. The molecule has 1 unspecified atom stereocenters. The topological polar surface area (TPSA) is 70.9 Å². The van der Waals surface area contributed by atoms with Gasteiger partial charge in [-0.05, 0) is 13.0 Å². The molecule has 1 aromatic heterocycles. The molecule has 1 fully saturated rings. The summed E-state index contributed by atoms with van der Waals surface area (Å²) >= 11 is 0. The summed E-state index contributed by atoms with van der Waals surface area (Å²) in [6.45, 7) is 1.83. The Balaban J connectivity index is 2.21. The summed E-state index contributed by atoms with van der Waals surface area (Å²) in [5, 5.41) is 5.34. The van der Waals surface area contributed by atoms with E-state index in [0.717, 1.165) is 19.5 Å². The Labute approximate surface area is 62.8 Å². The standard InChI is InChI=1S/C6H9N3O2/c10-6-8-5(11-9-6)4-1-2-7-3-4/h4,7H,1-3H2,(H,9,10). The molecule has 5 heteroatoms. The molecular formula is C6H9N3O2. The van der Waals surface area contributed by atoms with E-state index in [1.165, 1.54) is 0 Å². The Morgan fingerprint density at radius 3 is 3.09 bits per heavy atom. The molecule has 0 aromatic carbocycles. The van der Waals surface area contributed by atoms with Crippen LogP contribution >= 0.6 is 0 Å². The minimum atomic E-state index is -0.396. The van der Waals surface area contributed by atoms with Gasteiger partial charge in [0.2, 0.25) is 5.89 Å². The Hall–Kier alpha value is -1.10. The summed E-state index contributed by atoms with van der Waals surface area (Å²) in [6.07, 6.45) is 0.994. The van der Waals surface area contributed by atoms with Gasteiger partial charge in [-0.3, -0.25) is 0 Å². The van der Waals surface area contributed by atoms with E-state index in [4.69, 9.17) is 4.52 Å². The third kappa shape index (κ3) is 1.19. The molecule has 0 saturated carbocycles. The third-order valence-corrected chi connectivity index (χ3v) is 1.86. The van der Waals surface area contributed by atoms with Crippen molar-refractivity contribution in [3.05, 3.63) is 16.4 Å². The van der Waals surface area contributed by atoms with E-state index in [0.29, 0.717) is 5.89 Å². The lowest BCUT2D eigenvalue weighted by molar-refractivity contribution is 0.355. The van der Waals surface area contributed by atoms with Crippen molar-refractivity contribution in [2.75, 3.05) is 13.1 Å². The van der Waals surface area contributed by atoms with Crippen LogP contribution in [0.1, 0.15) is 18.2 Å². The summed E-state index contributed by atoms with van der Waals surface area (Å²) in [6, 6.07) is 0. The zero-order valence-corrected chi connectivity index (χ0v) is 5.96. The van der Waals surface area contributed by atoms with Crippen molar-refractivity contribution in [2.24, 2.45) is 0 Å². The number of rotatable bonds is 1. The van der Waals surface area contributed by atoms with Gasteiger partial charge in [0.1, 0.15) is 0 Å². The van der Waals surface area contributed by atoms with Gasteiger partial charge < -0.3 is 9.84 Å². The van der Waals surface area contributed by atoms with E-state index in [2.05, 4.69) is 15.5 Å². The predicted octanol–water partition coefficient (Wildman–Crippen LogP) is -0.560. The van der Waals surface area contributed by atoms with Crippen molar-refractivity contribution in [1.82, 2.24) is 15.5 Å². The van der Waals surface area contributed by atoms with Gasteiger partial charge in [0.05, 0.1) is 5.92 Å². The van der Waals surface area contributed by atoms with Crippen molar-refractivity contribution in [3.63, 3.8) is 0 Å². The Bertz CT molecular complexity index is 284. The van der Waals surface area contributed by atoms with Crippen LogP contribution in [0.3, 0.4) is 0 Å². The van der Waals surface area contributed by atoms with Crippen molar-refractivity contribution >= 4 is 0 Å². The number of nitrogens with zero attached hydrogens (tertiary/aromatic N) is 1. The fourth-order valence-electron chi connectivity index (χ4n) is 1.28. The van der Waals surface area contributed by atoms with Crippen LogP contribution < -0.4 is 11.0 Å². The van der Waals surface area contributed by atoms with Crippen LogP contribution in [0.4, 0.5) is 0 Å². The van der Waals surface area contributed by atoms with Gasteiger partial charge in [-0.2, -0.15) is 10.1 Å². The van der Waals surface area contributed by atoms with E-state index in [1.807, 2.05) is 0 Å². The Kier molecular flexibility index (Phi) is 1.50. The minimum absolute atomic E-state index is 0.272. The van der Waals surface area contributed by atoms with Gasteiger partial charge in [0.25, 0.3) is 0 Å². The minimum Gasteiger partial charge on any atom is -0.362 e. The molecular weight excluding hydrogens is 146 g/mol. The van der Waals surface area contributed by atoms with Crippen LogP contribution in [0.2, 0.25) is 0 Å². The monoisotopic (exact) mass is 155 g/mol. The van der Waals surface area contributed by atoms with Crippen molar-refractivity contribution in [3.8, 4) is 0 Å². The van der Waals surface area contributed by atoms with E-state index < -0.39 is 5.69 Å². The number of hydrogen-bond acceptors (Lipinski definition) is 4.